The van der Waals surface area contributed by atoms with Crippen molar-refractivity contribution >= 4 is 46.4 Å². The van der Waals surface area contributed by atoms with Gasteiger partial charge in [0.15, 0.2) is 18.1 Å². The van der Waals surface area contributed by atoms with Gasteiger partial charge in [0.1, 0.15) is 5.75 Å². The highest BCUT2D eigenvalue weighted by Crippen LogP contribution is 2.32. The standard InChI is InChI=1S/C24H19Cl2N3O5/c1-14(28-29-24(31)16-5-7-21-22(10-16)34-13-33-21)15-3-2-4-18(9-15)27-23(30)12-32-20-8-6-17(25)11-19(20)26/h2-11H,12-13H2,1H3,(H,27,30)(H,29,31)/b28-14+. The summed E-state index contributed by atoms with van der Waals surface area (Å²) >= 11 is 11.9. The number of rotatable bonds is 7. The Bertz CT molecular complexity index is 1280. The van der Waals surface area contributed by atoms with Crippen LogP contribution in [0.3, 0.4) is 0 Å². The number of carbonyl (C=O) groups excluding carboxylic acids is 2. The minimum Gasteiger partial charge on any atom is -0.482 e. The number of nitrogens with zero attached hydrogens (tertiary/aromatic N) is 1. The van der Waals surface area contributed by atoms with Crippen molar-refractivity contribution in [1.82, 2.24) is 5.43 Å². The normalized spacial score (nSPS) is 12.3. The topological polar surface area (TPSA) is 98.3 Å². The van der Waals surface area contributed by atoms with Crippen LogP contribution in [-0.4, -0.2) is 30.9 Å². The van der Waals surface area contributed by atoms with E-state index in [9.17, 15) is 9.59 Å². The van der Waals surface area contributed by atoms with Crippen LogP contribution in [0.25, 0.3) is 0 Å². The van der Waals surface area contributed by atoms with E-state index in [1.807, 2.05) is 6.07 Å². The summed E-state index contributed by atoms with van der Waals surface area (Å²) in [5.41, 5.74) is 4.72. The fraction of sp³-hybridized carbons (Fsp3) is 0.125. The van der Waals surface area contributed by atoms with Gasteiger partial charge in [0, 0.05) is 16.3 Å². The molecule has 1 aliphatic rings. The van der Waals surface area contributed by atoms with Gasteiger partial charge in [-0.15, -0.1) is 0 Å². The minimum absolute atomic E-state index is 0.130. The summed E-state index contributed by atoms with van der Waals surface area (Å²) in [5, 5.41) is 7.70. The van der Waals surface area contributed by atoms with Gasteiger partial charge in [-0.1, -0.05) is 35.3 Å². The van der Waals surface area contributed by atoms with Gasteiger partial charge in [-0.25, -0.2) is 5.43 Å². The first-order valence-electron chi connectivity index (χ1n) is 10.1. The number of halogens is 2. The molecule has 1 heterocycles. The Balaban J connectivity index is 1.34. The molecule has 0 aliphatic carbocycles. The number of hydrogen-bond donors (Lipinski definition) is 2. The zero-order valence-corrected chi connectivity index (χ0v) is 19.4. The van der Waals surface area contributed by atoms with Crippen molar-refractivity contribution < 1.29 is 23.8 Å². The Morgan fingerprint density at radius 2 is 1.82 bits per heavy atom. The number of anilines is 1. The molecule has 0 atom stereocenters. The summed E-state index contributed by atoms with van der Waals surface area (Å²) in [6, 6.07) is 16.7. The van der Waals surface area contributed by atoms with Crippen molar-refractivity contribution in [3.05, 3.63) is 81.8 Å². The van der Waals surface area contributed by atoms with E-state index in [2.05, 4.69) is 15.8 Å². The lowest BCUT2D eigenvalue weighted by Gasteiger charge is -2.10. The SMILES string of the molecule is C/C(=N\NC(=O)c1ccc2c(c1)OCO2)c1cccc(NC(=O)COc2ccc(Cl)cc2Cl)c1. The van der Waals surface area contributed by atoms with Crippen LogP contribution in [0.1, 0.15) is 22.8 Å². The van der Waals surface area contributed by atoms with Gasteiger partial charge >= 0.3 is 0 Å². The first-order chi connectivity index (χ1) is 16.4. The largest absolute Gasteiger partial charge is 0.482 e. The molecule has 2 amide bonds. The molecule has 4 rings (SSSR count). The quantitative estimate of drug-likeness (QED) is 0.356. The van der Waals surface area contributed by atoms with Crippen molar-refractivity contribution in [3.8, 4) is 17.2 Å². The van der Waals surface area contributed by atoms with Gasteiger partial charge in [-0.2, -0.15) is 5.10 Å². The second-order valence-electron chi connectivity index (χ2n) is 7.20. The molecule has 0 bridgehead atoms. The molecule has 0 saturated heterocycles. The van der Waals surface area contributed by atoms with Crippen LogP contribution in [0.5, 0.6) is 17.2 Å². The summed E-state index contributed by atoms with van der Waals surface area (Å²) < 4.78 is 16.0. The molecule has 0 fully saturated rings. The highest BCUT2D eigenvalue weighted by atomic mass is 35.5. The minimum atomic E-state index is -0.389. The van der Waals surface area contributed by atoms with Crippen LogP contribution in [0.4, 0.5) is 5.69 Å². The molecule has 2 N–H and O–H groups in total. The lowest BCUT2D eigenvalue weighted by atomic mass is 10.1. The van der Waals surface area contributed by atoms with Crippen molar-refractivity contribution in [2.45, 2.75) is 6.92 Å². The maximum atomic E-state index is 12.4. The molecule has 10 heteroatoms. The Kier molecular flexibility index (Phi) is 7.20. The molecular weight excluding hydrogens is 481 g/mol. The molecule has 3 aromatic carbocycles. The van der Waals surface area contributed by atoms with Crippen LogP contribution >= 0.6 is 23.2 Å². The molecule has 0 saturated carbocycles. The molecule has 34 heavy (non-hydrogen) atoms. The molecule has 1 aliphatic heterocycles. The fourth-order valence-electron chi connectivity index (χ4n) is 3.06. The number of hydrogen-bond acceptors (Lipinski definition) is 6. The second-order valence-corrected chi connectivity index (χ2v) is 8.04. The first kappa shape index (κ1) is 23.4. The predicted octanol–water partition coefficient (Wildman–Crippen LogP) is 4.89. The number of carbonyl (C=O) groups is 2. The van der Waals surface area contributed by atoms with Crippen LogP contribution < -0.4 is 25.0 Å². The van der Waals surface area contributed by atoms with Crippen molar-refractivity contribution in [3.63, 3.8) is 0 Å². The Hall–Kier alpha value is -3.75. The van der Waals surface area contributed by atoms with Gasteiger partial charge in [0.05, 0.1) is 10.7 Å². The Morgan fingerprint density at radius 3 is 2.65 bits per heavy atom. The lowest BCUT2D eigenvalue weighted by Crippen LogP contribution is -2.21. The molecule has 0 unspecified atom stereocenters. The highest BCUT2D eigenvalue weighted by Gasteiger charge is 2.16. The van der Waals surface area contributed by atoms with E-state index in [1.165, 1.54) is 6.07 Å². The molecule has 174 valence electrons. The summed E-state index contributed by atoms with van der Waals surface area (Å²) in [7, 11) is 0. The van der Waals surface area contributed by atoms with Crippen molar-refractivity contribution in [1.29, 1.82) is 0 Å². The van der Waals surface area contributed by atoms with Crippen LogP contribution in [0.2, 0.25) is 10.0 Å². The van der Waals surface area contributed by atoms with Crippen LogP contribution in [-0.2, 0) is 4.79 Å². The summed E-state index contributed by atoms with van der Waals surface area (Å²) in [6.45, 7) is 1.64. The molecule has 0 radical (unpaired) electrons. The Labute approximate surface area is 205 Å². The van der Waals surface area contributed by atoms with E-state index in [1.54, 1.807) is 55.5 Å². The number of ether oxygens (including phenoxy) is 3. The average molecular weight is 500 g/mol. The van der Waals surface area contributed by atoms with Gasteiger partial charge in [0.25, 0.3) is 11.8 Å². The third kappa shape index (κ3) is 5.78. The Morgan fingerprint density at radius 1 is 1.00 bits per heavy atom. The molecule has 8 nitrogen and oxygen atoms in total. The smallest absolute Gasteiger partial charge is 0.271 e. The monoisotopic (exact) mass is 499 g/mol. The average Bonchev–Trinajstić information content (AvgIpc) is 3.30. The summed E-state index contributed by atoms with van der Waals surface area (Å²) in [4.78, 5) is 24.7. The fourth-order valence-corrected chi connectivity index (χ4v) is 3.52. The zero-order chi connectivity index (χ0) is 24.1. The zero-order valence-electron chi connectivity index (χ0n) is 17.9. The van der Waals surface area contributed by atoms with E-state index < -0.39 is 0 Å². The lowest BCUT2D eigenvalue weighted by molar-refractivity contribution is -0.118. The van der Waals surface area contributed by atoms with E-state index >= 15 is 0 Å². The third-order valence-corrected chi connectivity index (χ3v) is 5.31. The number of nitrogens with one attached hydrogen (secondary N) is 2. The number of fused-ring (bicyclic) bond motifs is 1. The number of amides is 2. The molecule has 3 aromatic rings. The van der Waals surface area contributed by atoms with E-state index in [4.69, 9.17) is 37.4 Å². The van der Waals surface area contributed by atoms with Gasteiger partial charge in [-0.3, -0.25) is 9.59 Å². The van der Waals surface area contributed by atoms with E-state index in [0.29, 0.717) is 49.8 Å². The molecule has 0 spiro atoms. The number of benzene rings is 3. The summed E-state index contributed by atoms with van der Waals surface area (Å²) in [5.74, 6) is 0.709. The molecular formula is C24H19Cl2N3O5. The van der Waals surface area contributed by atoms with Gasteiger partial charge in [-0.05, 0) is 61.0 Å². The van der Waals surface area contributed by atoms with Gasteiger partial charge in [0.2, 0.25) is 6.79 Å². The summed E-state index contributed by atoms with van der Waals surface area (Å²) in [6.07, 6.45) is 0. The van der Waals surface area contributed by atoms with E-state index in [0.717, 1.165) is 0 Å². The second kappa shape index (κ2) is 10.5. The molecule has 0 aromatic heterocycles. The van der Waals surface area contributed by atoms with Crippen molar-refractivity contribution in [2.24, 2.45) is 5.10 Å². The van der Waals surface area contributed by atoms with Crippen LogP contribution in [0, 0.1) is 0 Å². The maximum Gasteiger partial charge on any atom is 0.271 e. The number of hydrazone groups is 1. The maximum absolute atomic E-state index is 12.4. The predicted molar refractivity (Wildman–Crippen MR) is 129 cm³/mol. The first-order valence-corrected chi connectivity index (χ1v) is 10.9. The van der Waals surface area contributed by atoms with Gasteiger partial charge < -0.3 is 19.5 Å². The van der Waals surface area contributed by atoms with E-state index in [-0.39, 0.29) is 25.2 Å². The highest BCUT2D eigenvalue weighted by molar-refractivity contribution is 6.35. The van der Waals surface area contributed by atoms with Crippen LogP contribution in [0.15, 0.2) is 65.8 Å². The van der Waals surface area contributed by atoms with Crippen molar-refractivity contribution in [2.75, 3.05) is 18.7 Å². The third-order valence-electron chi connectivity index (χ3n) is 4.78.